The van der Waals surface area contributed by atoms with Crippen molar-refractivity contribution in [1.29, 1.82) is 0 Å². The van der Waals surface area contributed by atoms with Crippen molar-refractivity contribution in [2.75, 3.05) is 11.9 Å². The van der Waals surface area contributed by atoms with Crippen LogP contribution < -0.4 is 14.8 Å². The quantitative estimate of drug-likeness (QED) is 0.818. The number of benzene rings is 1. The number of anilines is 1. The second kappa shape index (κ2) is 5.73. The van der Waals surface area contributed by atoms with E-state index >= 15 is 0 Å². The van der Waals surface area contributed by atoms with Crippen LogP contribution in [0.5, 0.6) is 5.88 Å². The van der Waals surface area contributed by atoms with Gasteiger partial charge in [-0.1, -0.05) is 19.9 Å². The zero-order chi connectivity index (χ0) is 19.7. The summed E-state index contributed by atoms with van der Waals surface area (Å²) >= 11 is 0. The molecule has 8 nitrogen and oxygen atoms in total. The van der Waals surface area contributed by atoms with Crippen molar-refractivity contribution in [2.24, 2.45) is 5.41 Å². The number of rotatable bonds is 3. The highest BCUT2D eigenvalue weighted by Crippen LogP contribution is 2.40. The van der Waals surface area contributed by atoms with Gasteiger partial charge in [-0.25, -0.2) is 22.6 Å². The number of aromatic nitrogens is 2. The number of nitrogens with zero attached hydrogens (tertiary/aromatic N) is 2. The van der Waals surface area contributed by atoms with E-state index in [1.165, 1.54) is 22.0 Å². The Labute approximate surface area is 163 Å². The Balaban J connectivity index is 1.37. The largest absolute Gasteiger partial charge is 0.476 e. The van der Waals surface area contributed by atoms with Crippen LogP contribution in [0.25, 0.3) is 0 Å². The average Bonchev–Trinajstić information content (AvgIpc) is 2.93. The van der Waals surface area contributed by atoms with Gasteiger partial charge in [-0.2, -0.15) is 5.10 Å². The average molecular weight is 402 g/mol. The molecule has 2 aromatic rings. The Morgan fingerprint density at radius 1 is 1.18 bits per heavy atom. The molecule has 0 atom stereocenters. The van der Waals surface area contributed by atoms with E-state index in [1.54, 1.807) is 0 Å². The highest BCUT2D eigenvalue weighted by Gasteiger charge is 2.34. The van der Waals surface area contributed by atoms with Crippen molar-refractivity contribution in [3.8, 4) is 5.88 Å². The predicted molar refractivity (Wildman–Crippen MR) is 102 cm³/mol. The summed E-state index contributed by atoms with van der Waals surface area (Å²) in [6.07, 6.45) is 5.06. The Morgan fingerprint density at radius 2 is 1.86 bits per heavy atom. The Bertz CT molecular complexity index is 1090. The smallest absolute Gasteiger partial charge is 0.333 e. The standard InChI is InChI=1S/C19H22N4O4S/c1-19(2)9-23-17(27-10-19)15(8-20-23)28(25,26)22-18(24)21-16-13-5-3-11(13)7-12-4-6-14(12)16/h7-8H,3-6,9-10H2,1-2H3,(H2,21,22,24). The number of nitrogens with one attached hydrogen (secondary N) is 2. The molecule has 0 bridgehead atoms. The molecule has 0 saturated heterocycles. The summed E-state index contributed by atoms with van der Waals surface area (Å²) in [5.74, 6) is 0.174. The number of ether oxygens (including phenoxy) is 1. The van der Waals surface area contributed by atoms with E-state index in [0.717, 1.165) is 42.5 Å². The van der Waals surface area contributed by atoms with Crippen LogP contribution in [0.3, 0.4) is 0 Å². The van der Waals surface area contributed by atoms with Gasteiger partial charge in [-0.3, -0.25) is 0 Å². The minimum absolute atomic E-state index is 0.118. The summed E-state index contributed by atoms with van der Waals surface area (Å²) in [6.45, 7) is 4.97. The first-order valence-corrected chi connectivity index (χ1v) is 10.9. The van der Waals surface area contributed by atoms with Crippen LogP contribution in [0.1, 0.15) is 36.1 Å². The molecule has 28 heavy (non-hydrogen) atoms. The second-order valence-electron chi connectivity index (χ2n) is 8.51. The molecule has 2 heterocycles. The van der Waals surface area contributed by atoms with Crippen LogP contribution in [0.15, 0.2) is 17.2 Å². The summed E-state index contributed by atoms with van der Waals surface area (Å²) in [6, 6.07) is 1.45. The first kappa shape index (κ1) is 17.5. The van der Waals surface area contributed by atoms with Crippen LogP contribution in [-0.4, -0.2) is 30.8 Å². The molecule has 2 amide bonds. The van der Waals surface area contributed by atoms with Gasteiger partial charge in [0, 0.05) is 11.1 Å². The van der Waals surface area contributed by atoms with E-state index in [1.807, 2.05) is 13.8 Å². The van der Waals surface area contributed by atoms with Crippen molar-refractivity contribution in [3.05, 3.63) is 34.5 Å². The van der Waals surface area contributed by atoms with E-state index < -0.39 is 16.1 Å². The molecule has 9 heteroatoms. The number of carbonyl (C=O) groups is 1. The SMILES string of the molecule is CC1(C)COc2c(S(=O)(=O)NC(=O)Nc3c4c(cc5c3CC5)CC4)cnn2C1. The van der Waals surface area contributed by atoms with Crippen molar-refractivity contribution in [1.82, 2.24) is 14.5 Å². The third-order valence-corrected chi connectivity index (χ3v) is 7.02. The summed E-state index contributed by atoms with van der Waals surface area (Å²) in [5, 5.41) is 6.90. The number of amides is 2. The highest BCUT2D eigenvalue weighted by atomic mass is 32.2. The first-order valence-electron chi connectivity index (χ1n) is 9.42. The monoisotopic (exact) mass is 402 g/mol. The number of carbonyl (C=O) groups excluding carboxylic acids is 1. The zero-order valence-corrected chi connectivity index (χ0v) is 16.6. The number of sulfonamides is 1. The molecule has 0 fully saturated rings. The predicted octanol–water partition coefficient (Wildman–Crippen LogP) is 2.01. The van der Waals surface area contributed by atoms with Crippen molar-refractivity contribution >= 4 is 21.7 Å². The summed E-state index contributed by atoms with van der Waals surface area (Å²) < 4.78 is 34.8. The summed E-state index contributed by atoms with van der Waals surface area (Å²) in [4.78, 5) is 12.4. The summed E-state index contributed by atoms with van der Waals surface area (Å²) in [7, 11) is -4.10. The highest BCUT2D eigenvalue weighted by molar-refractivity contribution is 7.90. The van der Waals surface area contributed by atoms with Crippen molar-refractivity contribution < 1.29 is 17.9 Å². The fraction of sp³-hybridized carbons (Fsp3) is 0.474. The third-order valence-electron chi connectivity index (χ3n) is 5.71. The molecule has 1 aromatic heterocycles. The Morgan fingerprint density at radius 3 is 2.46 bits per heavy atom. The lowest BCUT2D eigenvalue weighted by Crippen LogP contribution is -2.37. The topological polar surface area (TPSA) is 102 Å². The van der Waals surface area contributed by atoms with Crippen LogP contribution in [-0.2, 0) is 42.3 Å². The normalized spacial score (nSPS) is 18.5. The molecular weight excluding hydrogens is 380 g/mol. The lowest BCUT2D eigenvalue weighted by Gasteiger charge is -2.32. The molecule has 1 aliphatic heterocycles. The van der Waals surface area contributed by atoms with Gasteiger partial charge in [0.25, 0.3) is 10.0 Å². The van der Waals surface area contributed by atoms with Gasteiger partial charge in [-0.05, 0) is 47.9 Å². The van der Waals surface area contributed by atoms with Gasteiger partial charge in [0.1, 0.15) is 0 Å². The molecule has 5 rings (SSSR count). The first-order chi connectivity index (χ1) is 13.2. The number of urea groups is 1. The Hall–Kier alpha value is -2.55. The fourth-order valence-electron chi connectivity index (χ4n) is 4.05. The number of hydrogen-bond acceptors (Lipinski definition) is 5. The minimum Gasteiger partial charge on any atom is -0.476 e. The van der Waals surface area contributed by atoms with Gasteiger partial charge >= 0.3 is 6.03 Å². The molecule has 0 spiro atoms. The molecule has 0 saturated carbocycles. The van der Waals surface area contributed by atoms with Crippen LogP contribution in [0, 0.1) is 5.41 Å². The Kier molecular flexibility index (Phi) is 3.59. The van der Waals surface area contributed by atoms with Gasteiger partial charge in [0.05, 0.1) is 19.3 Å². The molecule has 0 radical (unpaired) electrons. The molecule has 3 aliphatic rings. The maximum absolute atomic E-state index is 12.8. The van der Waals surface area contributed by atoms with E-state index in [-0.39, 0.29) is 16.2 Å². The van der Waals surface area contributed by atoms with E-state index in [4.69, 9.17) is 4.74 Å². The maximum atomic E-state index is 12.8. The lowest BCUT2D eigenvalue weighted by molar-refractivity contribution is 0.0970. The molecular formula is C19H22N4O4S. The zero-order valence-electron chi connectivity index (χ0n) is 15.8. The third kappa shape index (κ3) is 2.68. The fourth-order valence-corrected chi connectivity index (χ4v) is 5.04. The van der Waals surface area contributed by atoms with Gasteiger partial charge in [-0.15, -0.1) is 0 Å². The second-order valence-corrected chi connectivity index (χ2v) is 10.2. The molecule has 148 valence electrons. The van der Waals surface area contributed by atoms with E-state index in [2.05, 4.69) is 21.2 Å². The van der Waals surface area contributed by atoms with Crippen LogP contribution in [0.4, 0.5) is 10.5 Å². The van der Waals surface area contributed by atoms with E-state index in [9.17, 15) is 13.2 Å². The molecule has 2 N–H and O–H groups in total. The lowest BCUT2D eigenvalue weighted by atomic mass is 9.76. The molecule has 0 unspecified atom stereocenters. The van der Waals surface area contributed by atoms with Gasteiger partial charge in [0.15, 0.2) is 4.90 Å². The van der Waals surface area contributed by atoms with E-state index in [0.29, 0.717) is 13.2 Å². The number of fused-ring (bicyclic) bond motifs is 3. The van der Waals surface area contributed by atoms with Gasteiger partial charge in [0.2, 0.25) is 5.88 Å². The maximum Gasteiger partial charge on any atom is 0.333 e. The van der Waals surface area contributed by atoms with Gasteiger partial charge < -0.3 is 10.1 Å². The number of aryl methyl sites for hydroxylation is 2. The summed E-state index contributed by atoms with van der Waals surface area (Å²) in [5.41, 5.74) is 5.39. The van der Waals surface area contributed by atoms with Crippen molar-refractivity contribution in [2.45, 2.75) is 51.0 Å². The number of hydrogen-bond donors (Lipinski definition) is 2. The van der Waals surface area contributed by atoms with Crippen LogP contribution in [0.2, 0.25) is 0 Å². The molecule has 2 aliphatic carbocycles. The minimum atomic E-state index is -4.10. The molecule has 1 aromatic carbocycles. The van der Waals surface area contributed by atoms with Crippen LogP contribution >= 0.6 is 0 Å². The van der Waals surface area contributed by atoms with Crippen molar-refractivity contribution in [3.63, 3.8) is 0 Å².